The average molecular weight is 678 g/mol. The van der Waals surface area contributed by atoms with Crippen LogP contribution in [0.25, 0.3) is 88.4 Å². The lowest BCUT2D eigenvalue weighted by Crippen LogP contribution is -2.02. The largest absolute Gasteiger partial charge is 0.208 e. The van der Waals surface area contributed by atoms with Gasteiger partial charge in [-0.1, -0.05) is 176 Å². The third kappa shape index (κ3) is 5.88. The third-order valence-electron chi connectivity index (χ3n) is 10.1. The number of benzene rings is 8. The van der Waals surface area contributed by atoms with E-state index in [4.69, 9.17) is 15.0 Å². The second-order valence-electron chi connectivity index (χ2n) is 13.3. The molecule has 53 heavy (non-hydrogen) atoms. The summed E-state index contributed by atoms with van der Waals surface area (Å²) in [5.41, 5.74) is 7.18. The van der Waals surface area contributed by atoms with Crippen molar-refractivity contribution in [3.05, 3.63) is 200 Å². The first-order valence-corrected chi connectivity index (χ1v) is 17.9. The normalized spacial score (nSPS) is 12.2. The Morgan fingerprint density at radius 2 is 0.943 bits per heavy atom. The van der Waals surface area contributed by atoms with Crippen molar-refractivity contribution in [2.24, 2.45) is 0 Å². The lowest BCUT2D eigenvalue weighted by Gasteiger charge is -2.15. The van der Waals surface area contributed by atoms with Crippen LogP contribution in [0.1, 0.15) is 18.1 Å². The van der Waals surface area contributed by atoms with Crippen molar-refractivity contribution < 1.29 is 0 Å². The van der Waals surface area contributed by atoms with Crippen molar-refractivity contribution in [3.63, 3.8) is 0 Å². The molecule has 9 aromatic rings. The van der Waals surface area contributed by atoms with E-state index >= 15 is 0 Å². The van der Waals surface area contributed by atoms with Crippen LogP contribution >= 0.6 is 0 Å². The van der Waals surface area contributed by atoms with E-state index in [1.165, 1.54) is 32.3 Å². The van der Waals surface area contributed by atoms with Gasteiger partial charge in [-0.3, -0.25) is 0 Å². The number of hydrogen-bond acceptors (Lipinski definition) is 3. The Bertz CT molecular complexity index is 2810. The van der Waals surface area contributed by atoms with E-state index in [-0.39, 0.29) is 0 Å². The molecule has 1 heterocycles. The molecule has 3 heteroatoms. The molecule has 0 fully saturated rings. The van der Waals surface area contributed by atoms with Crippen LogP contribution in [0.2, 0.25) is 0 Å². The Balaban J connectivity index is 1.21. The van der Waals surface area contributed by atoms with Gasteiger partial charge in [0.1, 0.15) is 0 Å². The first kappa shape index (κ1) is 32.0. The fourth-order valence-corrected chi connectivity index (χ4v) is 7.48. The molecule has 0 aliphatic rings. The van der Waals surface area contributed by atoms with Gasteiger partial charge in [-0.25, -0.2) is 15.0 Å². The highest BCUT2D eigenvalue weighted by Crippen LogP contribution is 2.38. The third-order valence-corrected chi connectivity index (χ3v) is 10.1. The molecule has 0 unspecified atom stereocenters. The highest BCUT2D eigenvalue weighted by atomic mass is 15.0. The number of allylic oxidation sites excluding steroid dienone is 5. The van der Waals surface area contributed by atoms with Gasteiger partial charge in [-0.15, -0.1) is 0 Å². The molecule has 3 nitrogen and oxygen atoms in total. The Hall–Kier alpha value is -6.97. The number of nitrogens with zero attached hydrogens (tertiary/aromatic N) is 3. The number of aromatic nitrogens is 3. The minimum absolute atomic E-state index is 0.632. The SMILES string of the molecule is C=C/C(=C\C=C(/C)c1c(-c2nc(-c3ccccc3)nc(-c3ccccc3)n2)ccc2ccccc12)c1ccc2c3ccccc3c3ccccc3c2c1. The van der Waals surface area contributed by atoms with Crippen LogP contribution in [0, 0.1) is 0 Å². The molecule has 0 saturated carbocycles. The molecule has 250 valence electrons. The summed E-state index contributed by atoms with van der Waals surface area (Å²) in [6.07, 6.45) is 6.32. The van der Waals surface area contributed by atoms with Gasteiger partial charge < -0.3 is 0 Å². The average Bonchev–Trinajstić information content (AvgIpc) is 3.24. The van der Waals surface area contributed by atoms with Crippen LogP contribution in [0.3, 0.4) is 0 Å². The Morgan fingerprint density at radius 3 is 1.53 bits per heavy atom. The fraction of sp³-hybridized carbons (Fsp3) is 0.0200. The lowest BCUT2D eigenvalue weighted by atomic mass is 9.91. The van der Waals surface area contributed by atoms with Crippen LogP contribution in [-0.4, -0.2) is 15.0 Å². The Morgan fingerprint density at radius 1 is 0.453 bits per heavy atom. The molecule has 0 aliphatic carbocycles. The van der Waals surface area contributed by atoms with Gasteiger partial charge in [-0.05, 0) is 84.4 Å². The fourth-order valence-electron chi connectivity index (χ4n) is 7.48. The topological polar surface area (TPSA) is 38.7 Å². The Labute approximate surface area is 309 Å². The number of fused-ring (bicyclic) bond motifs is 7. The number of hydrogen-bond donors (Lipinski definition) is 0. The molecule has 0 aliphatic heterocycles. The standard InChI is InChI=1S/C50H35N3/c1-3-34(38-29-30-44-42-24-13-12-22-40(42)41-23-14-15-25-43(41)46(44)32-38)27-26-33(2)47-39-21-11-10-16-35(39)28-31-45(47)50-52-48(36-17-6-4-7-18-36)51-49(53-50)37-19-8-5-9-20-37/h3-32H,1H2,2H3/b33-26+,34-27+. The van der Waals surface area contributed by atoms with Crippen molar-refractivity contribution >= 4 is 54.2 Å². The lowest BCUT2D eigenvalue weighted by molar-refractivity contribution is 1.07. The van der Waals surface area contributed by atoms with Crippen LogP contribution in [0.15, 0.2) is 189 Å². The smallest absolute Gasteiger partial charge is 0.164 e. The van der Waals surface area contributed by atoms with Gasteiger partial charge in [0.05, 0.1) is 0 Å². The van der Waals surface area contributed by atoms with E-state index < -0.39 is 0 Å². The molecule has 0 radical (unpaired) electrons. The zero-order valence-electron chi connectivity index (χ0n) is 29.4. The van der Waals surface area contributed by atoms with Crippen molar-refractivity contribution in [2.45, 2.75) is 6.92 Å². The zero-order chi connectivity index (χ0) is 35.7. The molecular formula is C50H35N3. The van der Waals surface area contributed by atoms with E-state index in [0.29, 0.717) is 17.5 Å². The maximum Gasteiger partial charge on any atom is 0.164 e. The summed E-state index contributed by atoms with van der Waals surface area (Å²) in [6.45, 7) is 6.41. The van der Waals surface area contributed by atoms with Gasteiger partial charge >= 0.3 is 0 Å². The summed E-state index contributed by atoms with van der Waals surface area (Å²) in [4.78, 5) is 15.1. The van der Waals surface area contributed by atoms with E-state index in [1.807, 2.05) is 66.7 Å². The molecular weight excluding hydrogens is 643 g/mol. The summed E-state index contributed by atoms with van der Waals surface area (Å²) in [5.74, 6) is 1.91. The van der Waals surface area contributed by atoms with Crippen LogP contribution in [-0.2, 0) is 0 Å². The molecule has 0 bridgehead atoms. The van der Waals surface area contributed by atoms with Crippen LogP contribution < -0.4 is 0 Å². The van der Waals surface area contributed by atoms with Crippen molar-refractivity contribution in [1.29, 1.82) is 0 Å². The molecule has 9 rings (SSSR count). The van der Waals surface area contributed by atoms with E-state index in [0.717, 1.165) is 49.7 Å². The molecule has 0 spiro atoms. The first-order chi connectivity index (χ1) is 26.2. The molecule has 1 aromatic heterocycles. The summed E-state index contributed by atoms with van der Waals surface area (Å²) >= 11 is 0. The molecule has 0 amide bonds. The summed E-state index contributed by atoms with van der Waals surface area (Å²) in [5, 5.41) is 9.83. The highest BCUT2D eigenvalue weighted by molar-refractivity contribution is 6.25. The summed E-state index contributed by atoms with van der Waals surface area (Å²) in [7, 11) is 0. The van der Waals surface area contributed by atoms with Gasteiger partial charge in [0.15, 0.2) is 17.5 Å². The highest BCUT2D eigenvalue weighted by Gasteiger charge is 2.18. The van der Waals surface area contributed by atoms with E-state index in [1.54, 1.807) is 0 Å². The summed E-state index contributed by atoms with van der Waals surface area (Å²) in [6, 6.07) is 57.2. The second kappa shape index (κ2) is 13.6. The van der Waals surface area contributed by atoms with Crippen LogP contribution in [0.4, 0.5) is 0 Å². The maximum atomic E-state index is 5.10. The van der Waals surface area contributed by atoms with Crippen molar-refractivity contribution in [2.75, 3.05) is 0 Å². The van der Waals surface area contributed by atoms with E-state index in [2.05, 4.69) is 129 Å². The predicted molar refractivity (Wildman–Crippen MR) is 224 cm³/mol. The van der Waals surface area contributed by atoms with Crippen molar-refractivity contribution in [3.8, 4) is 34.2 Å². The molecule has 0 saturated heterocycles. The minimum atomic E-state index is 0.632. The number of rotatable bonds is 7. The van der Waals surface area contributed by atoms with Gasteiger partial charge in [0.2, 0.25) is 0 Å². The summed E-state index contributed by atoms with van der Waals surface area (Å²) < 4.78 is 0. The zero-order valence-corrected chi connectivity index (χ0v) is 29.4. The molecule has 8 aromatic carbocycles. The van der Waals surface area contributed by atoms with Gasteiger partial charge in [0, 0.05) is 16.7 Å². The van der Waals surface area contributed by atoms with Crippen molar-refractivity contribution in [1.82, 2.24) is 15.0 Å². The maximum absolute atomic E-state index is 5.10. The first-order valence-electron chi connectivity index (χ1n) is 17.9. The Kier molecular flexibility index (Phi) is 8.22. The van der Waals surface area contributed by atoms with E-state index in [9.17, 15) is 0 Å². The minimum Gasteiger partial charge on any atom is -0.208 e. The van der Waals surface area contributed by atoms with Gasteiger partial charge in [-0.2, -0.15) is 0 Å². The second-order valence-corrected chi connectivity index (χ2v) is 13.3. The molecule has 0 atom stereocenters. The van der Waals surface area contributed by atoms with Crippen LogP contribution in [0.5, 0.6) is 0 Å². The van der Waals surface area contributed by atoms with Gasteiger partial charge in [0.25, 0.3) is 0 Å². The molecule has 0 N–H and O–H groups in total. The quantitative estimate of drug-likeness (QED) is 0.124. The monoisotopic (exact) mass is 677 g/mol. The predicted octanol–water partition coefficient (Wildman–Crippen LogP) is 13.2.